The Morgan fingerprint density at radius 3 is 2.81 bits per heavy atom. The van der Waals surface area contributed by atoms with Gasteiger partial charge >= 0.3 is 0 Å². The average Bonchev–Trinajstić information content (AvgIpc) is 3.10. The van der Waals surface area contributed by atoms with Crippen molar-refractivity contribution < 1.29 is 5.11 Å². The van der Waals surface area contributed by atoms with E-state index in [1.165, 1.54) is 12.8 Å². The van der Waals surface area contributed by atoms with Gasteiger partial charge in [-0.15, -0.1) is 0 Å². The summed E-state index contributed by atoms with van der Waals surface area (Å²) in [6.07, 6.45) is 1.99. The van der Waals surface area contributed by atoms with Crippen molar-refractivity contribution in [2.75, 3.05) is 6.54 Å². The number of nitrogens with zero attached hydrogens (tertiary/aromatic N) is 1. The molecule has 3 heteroatoms. The van der Waals surface area contributed by atoms with E-state index in [2.05, 4.69) is 30.2 Å². The standard InChI is InChI=1S/C13H20N2O/c1-9(2)14-8-13(16)12-5-3-4-11(15-12)10-6-7-10/h3-5,9-10,13-14,16H,6-8H2,1-2H3. The number of hydrogen-bond donors (Lipinski definition) is 2. The minimum atomic E-state index is -0.499. The molecule has 0 aliphatic heterocycles. The summed E-state index contributed by atoms with van der Waals surface area (Å²) < 4.78 is 0. The highest BCUT2D eigenvalue weighted by atomic mass is 16.3. The van der Waals surface area contributed by atoms with E-state index in [4.69, 9.17) is 0 Å². The first-order chi connectivity index (χ1) is 7.66. The fourth-order valence-electron chi connectivity index (χ4n) is 1.71. The molecule has 16 heavy (non-hydrogen) atoms. The van der Waals surface area contributed by atoms with Crippen LogP contribution in [0.5, 0.6) is 0 Å². The lowest BCUT2D eigenvalue weighted by Crippen LogP contribution is -2.28. The molecule has 1 aliphatic carbocycles. The van der Waals surface area contributed by atoms with Crippen LogP contribution in [0.4, 0.5) is 0 Å². The van der Waals surface area contributed by atoms with E-state index in [0.717, 1.165) is 11.4 Å². The predicted molar refractivity (Wildman–Crippen MR) is 64.3 cm³/mol. The van der Waals surface area contributed by atoms with Crippen LogP contribution in [0.1, 0.15) is 50.1 Å². The van der Waals surface area contributed by atoms with Crippen molar-refractivity contribution in [2.45, 2.75) is 44.8 Å². The van der Waals surface area contributed by atoms with Crippen LogP contribution in [-0.2, 0) is 0 Å². The Morgan fingerprint density at radius 2 is 2.19 bits per heavy atom. The monoisotopic (exact) mass is 220 g/mol. The zero-order valence-electron chi connectivity index (χ0n) is 9.98. The van der Waals surface area contributed by atoms with Gasteiger partial charge < -0.3 is 10.4 Å². The average molecular weight is 220 g/mol. The van der Waals surface area contributed by atoms with Crippen molar-refractivity contribution in [3.05, 3.63) is 29.6 Å². The molecule has 0 radical (unpaired) electrons. The van der Waals surface area contributed by atoms with Gasteiger partial charge in [0.15, 0.2) is 0 Å². The van der Waals surface area contributed by atoms with Gasteiger partial charge in [0.25, 0.3) is 0 Å². The molecule has 0 spiro atoms. The molecule has 0 bridgehead atoms. The molecule has 1 atom stereocenters. The Morgan fingerprint density at radius 1 is 1.44 bits per heavy atom. The highest BCUT2D eigenvalue weighted by Crippen LogP contribution is 2.39. The Labute approximate surface area is 96.9 Å². The van der Waals surface area contributed by atoms with Crippen molar-refractivity contribution in [3.8, 4) is 0 Å². The molecular formula is C13H20N2O. The van der Waals surface area contributed by atoms with Gasteiger partial charge in [0.2, 0.25) is 0 Å². The molecule has 3 nitrogen and oxygen atoms in total. The molecule has 1 unspecified atom stereocenters. The first-order valence-corrected chi connectivity index (χ1v) is 6.05. The maximum absolute atomic E-state index is 9.97. The molecule has 1 aromatic rings. The van der Waals surface area contributed by atoms with Gasteiger partial charge in [0.05, 0.1) is 5.69 Å². The molecule has 0 aromatic carbocycles. The van der Waals surface area contributed by atoms with Crippen LogP contribution in [0.3, 0.4) is 0 Å². The highest BCUT2D eigenvalue weighted by molar-refractivity contribution is 5.19. The zero-order valence-corrected chi connectivity index (χ0v) is 9.98. The third-order valence-electron chi connectivity index (χ3n) is 2.85. The molecule has 1 aromatic heterocycles. The number of aliphatic hydroxyl groups excluding tert-OH is 1. The SMILES string of the molecule is CC(C)NCC(O)c1cccc(C2CC2)n1. The van der Waals surface area contributed by atoms with Crippen LogP contribution in [0.25, 0.3) is 0 Å². The molecule has 0 saturated heterocycles. The number of aromatic nitrogens is 1. The molecular weight excluding hydrogens is 200 g/mol. The van der Waals surface area contributed by atoms with Crippen LogP contribution >= 0.6 is 0 Å². The first kappa shape index (κ1) is 11.6. The molecule has 88 valence electrons. The topological polar surface area (TPSA) is 45.1 Å². The molecule has 2 N–H and O–H groups in total. The van der Waals surface area contributed by atoms with E-state index in [-0.39, 0.29) is 0 Å². The summed E-state index contributed by atoms with van der Waals surface area (Å²) in [5.74, 6) is 0.644. The normalized spacial score (nSPS) is 17.8. The van der Waals surface area contributed by atoms with E-state index < -0.39 is 6.10 Å². The predicted octanol–water partition coefficient (Wildman–Crippen LogP) is 1.99. The Kier molecular flexibility index (Phi) is 3.56. The van der Waals surface area contributed by atoms with Crippen LogP contribution in [0.15, 0.2) is 18.2 Å². The summed E-state index contributed by atoms with van der Waals surface area (Å²) in [5.41, 5.74) is 1.93. The number of nitrogens with one attached hydrogen (secondary N) is 1. The van der Waals surface area contributed by atoms with Crippen molar-refractivity contribution in [3.63, 3.8) is 0 Å². The van der Waals surface area contributed by atoms with Gasteiger partial charge in [-0.05, 0) is 25.0 Å². The van der Waals surface area contributed by atoms with E-state index in [1.807, 2.05) is 12.1 Å². The van der Waals surface area contributed by atoms with Gasteiger partial charge in [-0.2, -0.15) is 0 Å². The van der Waals surface area contributed by atoms with Crippen LogP contribution in [0, 0.1) is 0 Å². The lowest BCUT2D eigenvalue weighted by molar-refractivity contribution is 0.167. The summed E-state index contributed by atoms with van der Waals surface area (Å²) in [6, 6.07) is 6.35. The van der Waals surface area contributed by atoms with Gasteiger partial charge in [0.1, 0.15) is 6.10 Å². The van der Waals surface area contributed by atoms with E-state index in [1.54, 1.807) is 0 Å². The second kappa shape index (κ2) is 4.93. The summed E-state index contributed by atoms with van der Waals surface area (Å²) in [5, 5.41) is 13.2. The summed E-state index contributed by atoms with van der Waals surface area (Å²) in [4.78, 5) is 4.52. The van der Waals surface area contributed by atoms with Gasteiger partial charge in [-0.3, -0.25) is 4.98 Å². The molecule has 1 saturated carbocycles. The lowest BCUT2D eigenvalue weighted by atomic mass is 10.2. The quantitative estimate of drug-likeness (QED) is 0.797. The second-order valence-electron chi connectivity index (χ2n) is 4.84. The largest absolute Gasteiger partial charge is 0.385 e. The number of pyridine rings is 1. The summed E-state index contributed by atoms with van der Waals surface area (Å²) in [6.45, 7) is 4.71. The fourth-order valence-corrected chi connectivity index (χ4v) is 1.71. The number of aliphatic hydroxyl groups is 1. The van der Waals surface area contributed by atoms with E-state index in [9.17, 15) is 5.11 Å². The van der Waals surface area contributed by atoms with Gasteiger partial charge in [-0.1, -0.05) is 19.9 Å². The minimum absolute atomic E-state index is 0.390. The van der Waals surface area contributed by atoms with Crippen molar-refractivity contribution >= 4 is 0 Å². The van der Waals surface area contributed by atoms with Crippen molar-refractivity contribution in [2.24, 2.45) is 0 Å². The molecule has 2 rings (SSSR count). The second-order valence-corrected chi connectivity index (χ2v) is 4.84. The Bertz CT molecular complexity index is 348. The smallest absolute Gasteiger partial charge is 0.108 e. The van der Waals surface area contributed by atoms with Crippen LogP contribution in [-0.4, -0.2) is 22.7 Å². The van der Waals surface area contributed by atoms with E-state index in [0.29, 0.717) is 18.5 Å². The zero-order chi connectivity index (χ0) is 11.5. The third kappa shape index (κ3) is 3.03. The van der Waals surface area contributed by atoms with Crippen molar-refractivity contribution in [1.82, 2.24) is 10.3 Å². The highest BCUT2D eigenvalue weighted by Gasteiger charge is 2.25. The van der Waals surface area contributed by atoms with Crippen molar-refractivity contribution in [1.29, 1.82) is 0 Å². The summed E-state index contributed by atoms with van der Waals surface area (Å²) >= 11 is 0. The minimum Gasteiger partial charge on any atom is -0.385 e. The molecule has 0 amide bonds. The molecule has 1 heterocycles. The lowest BCUT2D eigenvalue weighted by Gasteiger charge is -2.14. The number of rotatable bonds is 5. The van der Waals surface area contributed by atoms with Gasteiger partial charge in [-0.25, -0.2) is 0 Å². The maximum Gasteiger partial charge on any atom is 0.108 e. The first-order valence-electron chi connectivity index (χ1n) is 6.05. The molecule has 1 aliphatic rings. The number of hydrogen-bond acceptors (Lipinski definition) is 3. The maximum atomic E-state index is 9.97. The van der Waals surface area contributed by atoms with Crippen LogP contribution < -0.4 is 5.32 Å². The molecule has 1 fully saturated rings. The third-order valence-corrected chi connectivity index (χ3v) is 2.85. The Balaban J connectivity index is 1.98. The summed E-state index contributed by atoms with van der Waals surface area (Å²) in [7, 11) is 0. The fraction of sp³-hybridized carbons (Fsp3) is 0.615. The Hall–Kier alpha value is -0.930. The van der Waals surface area contributed by atoms with Crippen LogP contribution in [0.2, 0.25) is 0 Å². The van der Waals surface area contributed by atoms with Gasteiger partial charge in [0, 0.05) is 24.2 Å². The van der Waals surface area contributed by atoms with E-state index >= 15 is 0 Å².